The van der Waals surface area contributed by atoms with E-state index in [2.05, 4.69) is 25.1 Å². The molecule has 3 unspecified atom stereocenters. The topological polar surface area (TPSA) is 100 Å². The molecular weight excluding hydrogens is 433 g/mol. The molecule has 1 N–H and O–H groups in total. The van der Waals surface area contributed by atoms with E-state index in [1.54, 1.807) is 19.2 Å². The molecule has 4 atom stereocenters. The van der Waals surface area contributed by atoms with Gasteiger partial charge in [0.15, 0.2) is 10.8 Å². The predicted molar refractivity (Wildman–Crippen MR) is 120 cm³/mol. The largest absolute Gasteiger partial charge is 0.507 e. The minimum Gasteiger partial charge on any atom is -0.507 e. The number of phenols is 1. The van der Waals surface area contributed by atoms with Crippen LogP contribution in [0.15, 0.2) is 29.3 Å². The number of anilines is 1. The van der Waals surface area contributed by atoms with Crippen LogP contribution in [0.2, 0.25) is 0 Å². The Morgan fingerprint density at radius 2 is 2.06 bits per heavy atom. The Bertz CT molecular complexity index is 1210. The molecule has 2 bridgehead atoms. The Labute approximate surface area is 188 Å². The lowest BCUT2D eigenvalue weighted by Gasteiger charge is -2.52. The zero-order chi connectivity index (χ0) is 22.6. The molecule has 2 aromatic heterocycles. The number of benzene rings is 1. The van der Waals surface area contributed by atoms with Crippen LogP contribution in [-0.2, 0) is 7.05 Å². The Kier molecular flexibility index (Phi) is 5.17. The maximum absolute atomic E-state index is 15.2. The third kappa shape index (κ3) is 3.45. The molecule has 4 heterocycles. The molecule has 11 heteroatoms. The molecule has 3 aromatic rings. The number of nitrogens with zero attached hydrogens (tertiary/aromatic N) is 7. The van der Waals surface area contributed by atoms with Gasteiger partial charge in [-0.1, -0.05) is 17.4 Å². The van der Waals surface area contributed by atoms with Crippen LogP contribution in [0.3, 0.4) is 0 Å². The second-order valence-electron chi connectivity index (χ2n) is 8.59. The molecule has 3 aliphatic rings. The summed E-state index contributed by atoms with van der Waals surface area (Å²) in [5.74, 6) is 0.474. The van der Waals surface area contributed by atoms with Gasteiger partial charge in [0.1, 0.15) is 18.2 Å². The molecule has 3 fully saturated rings. The van der Waals surface area contributed by atoms with Crippen LogP contribution in [0, 0.1) is 5.92 Å². The van der Waals surface area contributed by atoms with Crippen LogP contribution in [0.25, 0.3) is 22.0 Å². The van der Waals surface area contributed by atoms with Crippen molar-refractivity contribution in [3.63, 3.8) is 0 Å². The SMILES string of the molecule is CN1C[C@H]2CCC1C(F)C2N(C)c1nnc(-c2ccc(-c3ncn(C)c(=O)n3)cc2O)s1. The zero-order valence-electron chi connectivity index (χ0n) is 18.0. The number of aryl methyl sites for hydroxylation is 1. The van der Waals surface area contributed by atoms with E-state index in [4.69, 9.17) is 0 Å². The summed E-state index contributed by atoms with van der Waals surface area (Å²) in [6, 6.07) is 4.66. The molecule has 2 saturated heterocycles. The Hall–Kier alpha value is -2.92. The molecule has 0 radical (unpaired) electrons. The number of rotatable bonds is 4. The van der Waals surface area contributed by atoms with Crippen LogP contribution in [-0.4, -0.2) is 73.6 Å². The zero-order valence-corrected chi connectivity index (χ0v) is 18.8. The number of alkyl halides is 1. The van der Waals surface area contributed by atoms with Crippen LogP contribution in [0.1, 0.15) is 12.8 Å². The summed E-state index contributed by atoms with van der Waals surface area (Å²) >= 11 is 1.32. The number of aromatic hydroxyl groups is 1. The first-order valence-corrected chi connectivity index (χ1v) is 11.3. The van der Waals surface area contributed by atoms with Gasteiger partial charge >= 0.3 is 5.69 Å². The van der Waals surface area contributed by atoms with E-state index in [-0.39, 0.29) is 29.6 Å². The van der Waals surface area contributed by atoms with Gasteiger partial charge in [-0.15, -0.1) is 10.2 Å². The maximum atomic E-state index is 15.2. The standard InChI is InChI=1S/C21H24FN7O2S/c1-27-9-12-5-7-14(27)16(22)17(12)29(3)21-26-25-19(32-21)13-6-4-11(8-15(13)30)18-23-10-28(2)20(31)24-18/h4,6,8,10,12,14,16-17,30H,5,7,9H2,1-3H3/t12-,14?,16?,17?/m1/s1. The number of hydrogen-bond donors (Lipinski definition) is 1. The van der Waals surface area contributed by atoms with Crippen LogP contribution in [0.4, 0.5) is 9.52 Å². The van der Waals surface area contributed by atoms with Crippen molar-refractivity contribution in [2.24, 2.45) is 13.0 Å². The van der Waals surface area contributed by atoms with E-state index in [9.17, 15) is 9.90 Å². The lowest BCUT2D eigenvalue weighted by molar-refractivity contribution is -0.0175. The van der Waals surface area contributed by atoms with Crippen molar-refractivity contribution in [1.29, 1.82) is 0 Å². The first-order valence-electron chi connectivity index (χ1n) is 10.5. The average molecular weight is 458 g/mol. The molecule has 168 valence electrons. The van der Waals surface area contributed by atoms with Crippen molar-refractivity contribution in [2.75, 3.05) is 25.5 Å². The third-order valence-electron chi connectivity index (χ3n) is 6.60. The number of piperidine rings is 2. The van der Waals surface area contributed by atoms with Gasteiger partial charge in [-0.2, -0.15) is 4.98 Å². The van der Waals surface area contributed by atoms with E-state index in [1.165, 1.54) is 28.3 Å². The van der Waals surface area contributed by atoms with Crippen LogP contribution < -0.4 is 10.6 Å². The Morgan fingerprint density at radius 3 is 2.75 bits per heavy atom. The van der Waals surface area contributed by atoms with Gasteiger partial charge in [-0.25, -0.2) is 14.2 Å². The lowest BCUT2D eigenvalue weighted by atomic mass is 9.74. The summed E-state index contributed by atoms with van der Waals surface area (Å²) in [4.78, 5) is 23.9. The highest BCUT2D eigenvalue weighted by molar-refractivity contribution is 7.18. The smallest absolute Gasteiger partial charge is 0.350 e. The highest BCUT2D eigenvalue weighted by Gasteiger charge is 2.49. The quantitative estimate of drug-likeness (QED) is 0.635. The van der Waals surface area contributed by atoms with Crippen molar-refractivity contribution in [3.05, 3.63) is 35.0 Å². The normalized spacial score (nSPS) is 25.2. The molecule has 1 saturated carbocycles. The van der Waals surface area contributed by atoms with Crippen LogP contribution in [0.5, 0.6) is 5.75 Å². The molecule has 32 heavy (non-hydrogen) atoms. The van der Waals surface area contributed by atoms with Gasteiger partial charge in [0.25, 0.3) is 0 Å². The Balaban J connectivity index is 1.40. The molecule has 2 aliphatic heterocycles. The number of fused-ring (bicyclic) bond motifs is 3. The van der Waals surface area contributed by atoms with E-state index >= 15 is 4.39 Å². The lowest BCUT2D eigenvalue weighted by Crippen LogP contribution is -2.64. The highest BCUT2D eigenvalue weighted by Crippen LogP contribution is 2.42. The summed E-state index contributed by atoms with van der Waals surface area (Å²) in [7, 11) is 5.44. The number of phenolic OH excluding ortho intramolecular Hbond substituents is 1. The van der Waals surface area contributed by atoms with Crippen molar-refractivity contribution in [2.45, 2.75) is 31.1 Å². The number of hydrogen-bond acceptors (Lipinski definition) is 9. The summed E-state index contributed by atoms with van der Waals surface area (Å²) in [6.45, 7) is 0.888. The van der Waals surface area contributed by atoms with Gasteiger partial charge in [-0.3, -0.25) is 4.57 Å². The molecule has 1 aliphatic carbocycles. The fourth-order valence-corrected chi connectivity index (χ4v) is 5.76. The molecule has 6 rings (SSSR count). The van der Waals surface area contributed by atoms with Gasteiger partial charge in [-0.05, 0) is 37.9 Å². The fourth-order valence-electron chi connectivity index (χ4n) is 4.87. The highest BCUT2D eigenvalue weighted by atomic mass is 32.1. The second-order valence-corrected chi connectivity index (χ2v) is 9.54. The monoisotopic (exact) mass is 457 g/mol. The fraction of sp³-hybridized carbons (Fsp3) is 0.476. The molecule has 0 spiro atoms. The minimum atomic E-state index is -0.934. The van der Waals surface area contributed by atoms with Gasteiger partial charge in [0, 0.05) is 32.2 Å². The van der Waals surface area contributed by atoms with E-state index < -0.39 is 11.9 Å². The van der Waals surface area contributed by atoms with Crippen molar-refractivity contribution in [3.8, 4) is 27.7 Å². The number of aromatic nitrogens is 5. The first kappa shape index (κ1) is 21.0. The van der Waals surface area contributed by atoms with Crippen molar-refractivity contribution >= 4 is 16.5 Å². The van der Waals surface area contributed by atoms with E-state index in [0.717, 1.165) is 19.4 Å². The van der Waals surface area contributed by atoms with Crippen molar-refractivity contribution in [1.82, 2.24) is 29.6 Å². The predicted octanol–water partition coefficient (Wildman–Crippen LogP) is 1.93. The van der Waals surface area contributed by atoms with Crippen molar-refractivity contribution < 1.29 is 9.50 Å². The van der Waals surface area contributed by atoms with Gasteiger partial charge < -0.3 is 14.9 Å². The van der Waals surface area contributed by atoms with Crippen LogP contribution >= 0.6 is 11.3 Å². The summed E-state index contributed by atoms with van der Waals surface area (Å²) in [6.07, 6.45) is 2.36. The summed E-state index contributed by atoms with van der Waals surface area (Å²) < 4.78 is 16.5. The van der Waals surface area contributed by atoms with E-state index in [0.29, 0.717) is 21.3 Å². The molecule has 9 nitrogen and oxygen atoms in total. The molecule has 0 amide bonds. The third-order valence-corrected chi connectivity index (χ3v) is 7.65. The Morgan fingerprint density at radius 1 is 1.25 bits per heavy atom. The molecule has 1 aromatic carbocycles. The first-order chi connectivity index (χ1) is 15.3. The van der Waals surface area contributed by atoms with Gasteiger partial charge in [0.05, 0.1) is 11.6 Å². The summed E-state index contributed by atoms with van der Waals surface area (Å²) in [5.41, 5.74) is 0.606. The maximum Gasteiger partial charge on any atom is 0.350 e. The minimum absolute atomic E-state index is 0.0150. The molecular formula is C21H24FN7O2S. The van der Waals surface area contributed by atoms with Gasteiger partial charge in [0.2, 0.25) is 5.13 Å². The summed E-state index contributed by atoms with van der Waals surface area (Å²) in [5, 5.41) is 20.3. The number of halogens is 1. The second kappa shape index (κ2) is 7.89. The van der Waals surface area contributed by atoms with E-state index in [1.807, 2.05) is 19.0 Å². The average Bonchev–Trinajstić information content (AvgIpc) is 3.25.